The van der Waals surface area contributed by atoms with Crippen molar-refractivity contribution in [2.75, 3.05) is 18.0 Å². The van der Waals surface area contributed by atoms with Crippen LogP contribution in [-0.2, 0) is 11.3 Å². The predicted molar refractivity (Wildman–Crippen MR) is 101 cm³/mol. The Balaban J connectivity index is 1.68. The number of hydrogen-bond acceptors (Lipinski definition) is 3. The van der Waals surface area contributed by atoms with E-state index in [1.54, 1.807) is 11.3 Å². The van der Waals surface area contributed by atoms with E-state index < -0.39 is 0 Å². The number of para-hydroxylation sites is 1. The minimum Gasteiger partial charge on any atom is -0.309 e. The van der Waals surface area contributed by atoms with E-state index in [0.29, 0.717) is 6.04 Å². The lowest BCUT2D eigenvalue weighted by atomic mass is 10.00. The number of rotatable bonds is 5. The molecule has 2 aromatic rings. The molecule has 3 rings (SSSR count). The molecule has 2 heterocycles. The standard InChI is InChI=1S/C20H26N2OS/c1-16(2)20(23)22(18-6-4-3-5-7-18)19-8-11-21(12-9-19)14-17-10-13-24-15-17/h3-7,10,13,15-16,19H,8-9,11-12,14H2,1-2H3. The van der Waals surface area contributed by atoms with E-state index in [0.717, 1.165) is 38.2 Å². The van der Waals surface area contributed by atoms with Gasteiger partial charge < -0.3 is 4.90 Å². The molecule has 1 aliphatic rings. The summed E-state index contributed by atoms with van der Waals surface area (Å²) >= 11 is 1.76. The summed E-state index contributed by atoms with van der Waals surface area (Å²) < 4.78 is 0. The number of likely N-dealkylation sites (tertiary alicyclic amines) is 1. The van der Waals surface area contributed by atoms with Gasteiger partial charge in [0.05, 0.1) is 0 Å². The van der Waals surface area contributed by atoms with E-state index in [9.17, 15) is 4.79 Å². The third-order valence-electron chi connectivity index (χ3n) is 4.67. The number of piperidine rings is 1. The van der Waals surface area contributed by atoms with Gasteiger partial charge in [-0.2, -0.15) is 11.3 Å². The van der Waals surface area contributed by atoms with Crippen molar-refractivity contribution in [1.82, 2.24) is 4.90 Å². The molecule has 1 aliphatic heterocycles. The number of nitrogens with zero attached hydrogens (tertiary/aromatic N) is 2. The number of anilines is 1. The van der Waals surface area contributed by atoms with Crippen LogP contribution in [0.5, 0.6) is 0 Å². The average molecular weight is 343 g/mol. The number of benzene rings is 1. The Morgan fingerprint density at radius 3 is 2.50 bits per heavy atom. The highest BCUT2D eigenvalue weighted by molar-refractivity contribution is 7.07. The van der Waals surface area contributed by atoms with Crippen LogP contribution in [0.4, 0.5) is 5.69 Å². The molecular formula is C20H26N2OS. The van der Waals surface area contributed by atoms with Crippen LogP contribution in [0.2, 0.25) is 0 Å². The second-order valence-electron chi connectivity index (χ2n) is 6.84. The number of thiophene rings is 1. The molecule has 128 valence electrons. The summed E-state index contributed by atoms with van der Waals surface area (Å²) in [6, 6.07) is 12.7. The van der Waals surface area contributed by atoms with Gasteiger partial charge in [-0.3, -0.25) is 9.69 Å². The van der Waals surface area contributed by atoms with E-state index in [1.165, 1.54) is 5.56 Å². The van der Waals surface area contributed by atoms with E-state index in [1.807, 2.05) is 36.9 Å². The zero-order valence-corrected chi connectivity index (χ0v) is 15.3. The Kier molecular flexibility index (Phi) is 5.69. The quantitative estimate of drug-likeness (QED) is 0.804. The lowest BCUT2D eigenvalue weighted by Gasteiger charge is -2.39. The smallest absolute Gasteiger partial charge is 0.229 e. The summed E-state index contributed by atoms with van der Waals surface area (Å²) in [5, 5.41) is 4.37. The molecule has 0 saturated carbocycles. The fraction of sp³-hybridized carbons (Fsp3) is 0.450. The largest absolute Gasteiger partial charge is 0.309 e. The molecule has 1 amide bonds. The first-order valence-corrected chi connectivity index (χ1v) is 9.71. The first-order chi connectivity index (χ1) is 11.6. The minimum absolute atomic E-state index is 0.0223. The molecule has 1 fully saturated rings. The van der Waals surface area contributed by atoms with Crippen molar-refractivity contribution >= 4 is 22.9 Å². The van der Waals surface area contributed by atoms with E-state index >= 15 is 0 Å². The summed E-state index contributed by atoms with van der Waals surface area (Å²) in [7, 11) is 0. The first-order valence-electron chi connectivity index (χ1n) is 8.76. The fourth-order valence-electron chi connectivity index (χ4n) is 3.36. The van der Waals surface area contributed by atoms with Crippen LogP contribution in [0.25, 0.3) is 0 Å². The number of carbonyl (C=O) groups excluding carboxylic acids is 1. The predicted octanol–water partition coefficient (Wildman–Crippen LogP) is 4.40. The first kappa shape index (κ1) is 17.2. The lowest BCUT2D eigenvalue weighted by Crippen LogP contribution is -2.48. The van der Waals surface area contributed by atoms with Crippen molar-refractivity contribution in [1.29, 1.82) is 0 Å². The SMILES string of the molecule is CC(C)C(=O)N(c1ccccc1)C1CCN(Cc2ccsc2)CC1. The van der Waals surface area contributed by atoms with Crippen molar-refractivity contribution < 1.29 is 4.79 Å². The molecule has 0 aliphatic carbocycles. The zero-order chi connectivity index (χ0) is 16.9. The summed E-state index contributed by atoms with van der Waals surface area (Å²) in [6.07, 6.45) is 2.08. The molecule has 3 nitrogen and oxygen atoms in total. The Morgan fingerprint density at radius 2 is 1.92 bits per heavy atom. The maximum Gasteiger partial charge on any atom is 0.229 e. The lowest BCUT2D eigenvalue weighted by molar-refractivity contribution is -0.122. The van der Waals surface area contributed by atoms with Gasteiger partial charge in [-0.1, -0.05) is 32.0 Å². The third kappa shape index (κ3) is 4.05. The molecule has 1 aromatic heterocycles. The molecule has 1 saturated heterocycles. The molecule has 1 aromatic carbocycles. The Labute approximate surface area is 148 Å². The van der Waals surface area contributed by atoms with E-state index in [4.69, 9.17) is 0 Å². The molecule has 0 spiro atoms. The number of amides is 1. The van der Waals surface area contributed by atoms with Gasteiger partial charge in [0.25, 0.3) is 0 Å². The van der Waals surface area contributed by atoms with Gasteiger partial charge in [0.2, 0.25) is 5.91 Å². The van der Waals surface area contributed by atoms with Crippen LogP contribution in [-0.4, -0.2) is 29.9 Å². The van der Waals surface area contributed by atoms with Crippen LogP contribution in [0, 0.1) is 5.92 Å². The van der Waals surface area contributed by atoms with Crippen LogP contribution >= 0.6 is 11.3 Å². The van der Waals surface area contributed by atoms with Crippen LogP contribution in [0.1, 0.15) is 32.3 Å². The van der Waals surface area contributed by atoms with E-state index in [2.05, 4.69) is 33.9 Å². The van der Waals surface area contributed by atoms with Gasteiger partial charge >= 0.3 is 0 Å². The Bertz CT molecular complexity index is 631. The van der Waals surface area contributed by atoms with Gasteiger partial charge in [-0.25, -0.2) is 0 Å². The molecule has 24 heavy (non-hydrogen) atoms. The summed E-state index contributed by atoms with van der Waals surface area (Å²) in [5.74, 6) is 0.256. The zero-order valence-electron chi connectivity index (χ0n) is 14.5. The van der Waals surface area contributed by atoms with Crippen molar-refractivity contribution in [3.8, 4) is 0 Å². The summed E-state index contributed by atoms with van der Waals surface area (Å²) in [4.78, 5) is 17.3. The van der Waals surface area contributed by atoms with Crippen molar-refractivity contribution in [3.05, 3.63) is 52.7 Å². The number of hydrogen-bond donors (Lipinski definition) is 0. The second-order valence-corrected chi connectivity index (χ2v) is 7.62. The van der Waals surface area contributed by atoms with Gasteiger partial charge in [0.1, 0.15) is 0 Å². The molecule has 0 bridgehead atoms. The van der Waals surface area contributed by atoms with Crippen molar-refractivity contribution in [2.24, 2.45) is 5.92 Å². The topological polar surface area (TPSA) is 23.6 Å². The highest BCUT2D eigenvalue weighted by Crippen LogP contribution is 2.26. The van der Waals surface area contributed by atoms with Gasteiger partial charge in [-0.05, 0) is 47.4 Å². The molecule has 0 N–H and O–H groups in total. The highest BCUT2D eigenvalue weighted by Gasteiger charge is 2.30. The minimum atomic E-state index is 0.0223. The van der Waals surface area contributed by atoms with Gasteiger partial charge in [0, 0.05) is 37.3 Å². The highest BCUT2D eigenvalue weighted by atomic mass is 32.1. The second kappa shape index (κ2) is 7.95. The molecule has 0 unspecified atom stereocenters. The average Bonchev–Trinajstić information content (AvgIpc) is 3.10. The number of carbonyl (C=O) groups is 1. The Hall–Kier alpha value is -1.65. The maximum atomic E-state index is 12.8. The Morgan fingerprint density at radius 1 is 1.21 bits per heavy atom. The molecule has 4 heteroatoms. The third-order valence-corrected chi connectivity index (χ3v) is 5.41. The summed E-state index contributed by atoms with van der Waals surface area (Å²) in [5.41, 5.74) is 2.43. The fourth-order valence-corrected chi connectivity index (χ4v) is 4.02. The van der Waals surface area contributed by atoms with E-state index in [-0.39, 0.29) is 11.8 Å². The molecule has 0 radical (unpaired) electrons. The van der Waals surface area contributed by atoms with Crippen LogP contribution < -0.4 is 4.90 Å². The van der Waals surface area contributed by atoms with Crippen molar-refractivity contribution in [3.63, 3.8) is 0 Å². The van der Waals surface area contributed by atoms with Crippen molar-refractivity contribution in [2.45, 2.75) is 39.3 Å². The van der Waals surface area contributed by atoms with Gasteiger partial charge in [-0.15, -0.1) is 0 Å². The molecular weight excluding hydrogens is 316 g/mol. The normalized spacial score (nSPS) is 16.5. The summed E-state index contributed by atoms with van der Waals surface area (Å²) in [6.45, 7) is 7.11. The molecule has 0 atom stereocenters. The van der Waals surface area contributed by atoms with Crippen LogP contribution in [0.3, 0.4) is 0 Å². The van der Waals surface area contributed by atoms with Crippen LogP contribution in [0.15, 0.2) is 47.2 Å². The monoisotopic (exact) mass is 342 g/mol. The van der Waals surface area contributed by atoms with Gasteiger partial charge in [0.15, 0.2) is 0 Å². The maximum absolute atomic E-state index is 12.8.